The van der Waals surface area contributed by atoms with Crippen LogP contribution >= 0.6 is 0 Å². The molecule has 0 radical (unpaired) electrons. The standard InChI is InChI=1S/C11H14N4O/c1-4-13-15-5-2-10(14-11(1)15)12-7-9-3-6-16-8-9/h1-2,4-5,9H,3,6-8H2,(H,12,14). The molecule has 1 unspecified atom stereocenters. The maximum absolute atomic E-state index is 5.33. The topological polar surface area (TPSA) is 51.5 Å². The fraction of sp³-hybridized carbons (Fsp3) is 0.455. The third kappa shape index (κ3) is 1.86. The summed E-state index contributed by atoms with van der Waals surface area (Å²) in [6, 6.07) is 3.83. The molecule has 84 valence electrons. The molecule has 1 saturated heterocycles. The summed E-state index contributed by atoms with van der Waals surface area (Å²) < 4.78 is 7.08. The second-order valence-electron chi connectivity index (χ2n) is 4.06. The number of ether oxygens (including phenoxy) is 1. The highest BCUT2D eigenvalue weighted by atomic mass is 16.5. The maximum Gasteiger partial charge on any atom is 0.157 e. The van der Waals surface area contributed by atoms with E-state index in [1.807, 2.05) is 18.3 Å². The summed E-state index contributed by atoms with van der Waals surface area (Å²) in [7, 11) is 0. The third-order valence-corrected chi connectivity index (χ3v) is 2.85. The van der Waals surface area contributed by atoms with Crippen LogP contribution in [0.15, 0.2) is 24.5 Å². The van der Waals surface area contributed by atoms with Crippen LogP contribution in [-0.2, 0) is 4.74 Å². The summed E-state index contributed by atoms with van der Waals surface area (Å²) in [6.45, 7) is 2.68. The number of hydrogen-bond acceptors (Lipinski definition) is 4. The van der Waals surface area contributed by atoms with Gasteiger partial charge in [0, 0.05) is 31.3 Å². The molecule has 0 aromatic carbocycles. The van der Waals surface area contributed by atoms with Crippen LogP contribution in [-0.4, -0.2) is 34.4 Å². The van der Waals surface area contributed by atoms with Gasteiger partial charge in [-0.3, -0.25) is 0 Å². The number of nitrogens with one attached hydrogen (secondary N) is 1. The lowest BCUT2D eigenvalue weighted by atomic mass is 10.1. The quantitative estimate of drug-likeness (QED) is 0.840. The largest absolute Gasteiger partial charge is 0.381 e. The summed E-state index contributed by atoms with van der Waals surface area (Å²) in [6.07, 6.45) is 4.80. The molecule has 16 heavy (non-hydrogen) atoms. The lowest BCUT2D eigenvalue weighted by molar-refractivity contribution is 0.187. The van der Waals surface area contributed by atoms with Crippen molar-refractivity contribution in [2.45, 2.75) is 6.42 Å². The van der Waals surface area contributed by atoms with E-state index < -0.39 is 0 Å². The van der Waals surface area contributed by atoms with Crippen molar-refractivity contribution in [2.75, 3.05) is 25.1 Å². The first-order valence-corrected chi connectivity index (χ1v) is 5.54. The molecule has 5 nitrogen and oxygen atoms in total. The third-order valence-electron chi connectivity index (χ3n) is 2.85. The van der Waals surface area contributed by atoms with Crippen molar-refractivity contribution in [1.82, 2.24) is 14.6 Å². The highest BCUT2D eigenvalue weighted by molar-refractivity contribution is 5.45. The molecule has 1 atom stereocenters. The molecular formula is C11H14N4O. The SMILES string of the molecule is c1cc2nc(NCC3CCOC3)ccn2n1. The van der Waals surface area contributed by atoms with Gasteiger partial charge in [-0.05, 0) is 12.5 Å². The summed E-state index contributed by atoms with van der Waals surface area (Å²) in [5.74, 6) is 1.52. The van der Waals surface area contributed by atoms with Crippen LogP contribution in [0.25, 0.3) is 5.65 Å². The highest BCUT2D eigenvalue weighted by Gasteiger charge is 2.15. The minimum absolute atomic E-state index is 0.614. The monoisotopic (exact) mass is 218 g/mol. The zero-order valence-electron chi connectivity index (χ0n) is 8.97. The van der Waals surface area contributed by atoms with E-state index in [0.29, 0.717) is 5.92 Å². The van der Waals surface area contributed by atoms with E-state index in [2.05, 4.69) is 15.4 Å². The summed E-state index contributed by atoms with van der Waals surface area (Å²) in [5, 5.41) is 7.44. The van der Waals surface area contributed by atoms with E-state index in [1.54, 1.807) is 10.7 Å². The zero-order valence-corrected chi connectivity index (χ0v) is 8.97. The summed E-state index contributed by atoms with van der Waals surface area (Å²) in [5.41, 5.74) is 0.868. The van der Waals surface area contributed by atoms with E-state index in [-0.39, 0.29) is 0 Å². The average Bonchev–Trinajstić information content (AvgIpc) is 2.97. The van der Waals surface area contributed by atoms with Gasteiger partial charge in [0.2, 0.25) is 0 Å². The van der Waals surface area contributed by atoms with Crippen molar-refractivity contribution < 1.29 is 4.74 Å². The highest BCUT2D eigenvalue weighted by Crippen LogP contribution is 2.13. The normalized spacial score (nSPS) is 20.4. The van der Waals surface area contributed by atoms with Gasteiger partial charge >= 0.3 is 0 Å². The number of hydrogen-bond donors (Lipinski definition) is 1. The second kappa shape index (κ2) is 4.09. The Labute approximate surface area is 93.4 Å². The molecule has 2 aromatic rings. The molecule has 0 saturated carbocycles. The molecule has 0 bridgehead atoms. The Kier molecular flexibility index (Phi) is 2.46. The van der Waals surface area contributed by atoms with Gasteiger partial charge in [0.1, 0.15) is 5.82 Å². The van der Waals surface area contributed by atoms with Gasteiger partial charge in [0.05, 0.1) is 12.8 Å². The predicted molar refractivity (Wildman–Crippen MR) is 60.4 cm³/mol. The lowest BCUT2D eigenvalue weighted by Gasteiger charge is -2.09. The molecule has 0 aliphatic carbocycles. The van der Waals surface area contributed by atoms with E-state index in [1.165, 1.54) is 0 Å². The Hall–Kier alpha value is -1.62. The van der Waals surface area contributed by atoms with Crippen molar-refractivity contribution in [1.29, 1.82) is 0 Å². The van der Waals surface area contributed by atoms with Gasteiger partial charge in [-0.15, -0.1) is 0 Å². The minimum Gasteiger partial charge on any atom is -0.381 e. The van der Waals surface area contributed by atoms with E-state index in [4.69, 9.17) is 4.74 Å². The van der Waals surface area contributed by atoms with E-state index in [0.717, 1.165) is 37.6 Å². The molecule has 3 rings (SSSR count). The molecule has 1 aliphatic heterocycles. The van der Waals surface area contributed by atoms with Crippen molar-refractivity contribution in [3.8, 4) is 0 Å². The number of nitrogens with zero attached hydrogens (tertiary/aromatic N) is 3. The lowest BCUT2D eigenvalue weighted by Crippen LogP contribution is -2.14. The van der Waals surface area contributed by atoms with Crippen LogP contribution in [0.4, 0.5) is 5.82 Å². The molecule has 1 aliphatic rings. The van der Waals surface area contributed by atoms with Crippen LogP contribution in [0.1, 0.15) is 6.42 Å². The molecule has 1 N–H and O–H groups in total. The summed E-state index contributed by atoms with van der Waals surface area (Å²) >= 11 is 0. The molecular weight excluding hydrogens is 204 g/mol. The van der Waals surface area contributed by atoms with Crippen LogP contribution in [0, 0.1) is 5.92 Å². The van der Waals surface area contributed by atoms with E-state index >= 15 is 0 Å². The van der Waals surface area contributed by atoms with Crippen molar-refractivity contribution in [3.05, 3.63) is 24.5 Å². The molecule has 3 heterocycles. The maximum atomic E-state index is 5.33. The van der Waals surface area contributed by atoms with Crippen LogP contribution in [0.3, 0.4) is 0 Å². The fourth-order valence-electron chi connectivity index (χ4n) is 1.90. The smallest absolute Gasteiger partial charge is 0.157 e. The second-order valence-corrected chi connectivity index (χ2v) is 4.06. The number of fused-ring (bicyclic) bond motifs is 1. The fourth-order valence-corrected chi connectivity index (χ4v) is 1.90. The van der Waals surface area contributed by atoms with Gasteiger partial charge in [0.15, 0.2) is 5.65 Å². The average molecular weight is 218 g/mol. The molecule has 0 spiro atoms. The van der Waals surface area contributed by atoms with Crippen LogP contribution < -0.4 is 5.32 Å². The predicted octanol–water partition coefficient (Wildman–Crippen LogP) is 1.18. The van der Waals surface area contributed by atoms with Crippen LogP contribution in [0.2, 0.25) is 0 Å². The first kappa shape index (κ1) is 9.59. The first-order valence-electron chi connectivity index (χ1n) is 5.54. The molecule has 1 fully saturated rings. The van der Waals surface area contributed by atoms with Crippen molar-refractivity contribution in [2.24, 2.45) is 5.92 Å². The van der Waals surface area contributed by atoms with Crippen LogP contribution in [0.5, 0.6) is 0 Å². The Morgan fingerprint density at radius 3 is 3.38 bits per heavy atom. The van der Waals surface area contributed by atoms with Gasteiger partial charge in [0.25, 0.3) is 0 Å². The number of rotatable bonds is 3. The van der Waals surface area contributed by atoms with Crippen molar-refractivity contribution in [3.63, 3.8) is 0 Å². The Balaban J connectivity index is 1.68. The van der Waals surface area contributed by atoms with Gasteiger partial charge in [-0.1, -0.05) is 0 Å². The zero-order chi connectivity index (χ0) is 10.8. The van der Waals surface area contributed by atoms with Gasteiger partial charge in [-0.25, -0.2) is 9.50 Å². The van der Waals surface area contributed by atoms with Gasteiger partial charge < -0.3 is 10.1 Å². The first-order chi connectivity index (χ1) is 7.92. The van der Waals surface area contributed by atoms with Crippen molar-refractivity contribution >= 4 is 11.5 Å². The molecule has 2 aromatic heterocycles. The summed E-state index contributed by atoms with van der Waals surface area (Å²) in [4.78, 5) is 4.44. The molecule has 5 heteroatoms. The number of anilines is 1. The minimum atomic E-state index is 0.614. The van der Waals surface area contributed by atoms with Gasteiger partial charge in [-0.2, -0.15) is 5.10 Å². The number of aromatic nitrogens is 3. The Morgan fingerprint density at radius 2 is 2.50 bits per heavy atom. The Bertz CT molecular complexity index is 476. The van der Waals surface area contributed by atoms with E-state index in [9.17, 15) is 0 Å². The molecule has 0 amide bonds. The Morgan fingerprint density at radius 1 is 1.50 bits per heavy atom.